The molecule has 0 saturated heterocycles. The van der Waals surface area contributed by atoms with E-state index in [0.29, 0.717) is 6.42 Å². The van der Waals surface area contributed by atoms with E-state index >= 15 is 0 Å². The van der Waals surface area contributed by atoms with Crippen LogP contribution in [0, 0.1) is 31.1 Å². The van der Waals surface area contributed by atoms with Crippen molar-refractivity contribution in [3.8, 4) is 0 Å². The van der Waals surface area contributed by atoms with E-state index in [1.807, 2.05) is 0 Å². The molecule has 0 aromatic rings. The zero-order chi connectivity index (χ0) is 7.82. The molecular weight excluding hydrogens is 366 g/mol. The second kappa shape index (κ2) is 10.5. The first-order chi connectivity index (χ1) is 4.77. The van der Waals surface area contributed by atoms with Crippen LogP contribution in [0.2, 0.25) is 0 Å². The van der Waals surface area contributed by atoms with E-state index in [-0.39, 0.29) is 31.1 Å². The number of hydrogen-bond acceptors (Lipinski definition) is 1. The summed E-state index contributed by atoms with van der Waals surface area (Å²) >= 11 is 0. The predicted octanol–water partition coefficient (Wildman–Crippen LogP) is 2.43. The zero-order valence-electron chi connectivity index (χ0n) is 7.10. The van der Waals surface area contributed by atoms with Crippen molar-refractivity contribution in [2.75, 3.05) is 0 Å². The van der Waals surface area contributed by atoms with E-state index < -0.39 is 5.97 Å². The van der Waals surface area contributed by atoms with Gasteiger partial charge in [0, 0.05) is 37.5 Å². The molecule has 0 heterocycles. The van der Waals surface area contributed by atoms with Gasteiger partial charge in [0.05, 0.1) is 0 Å². The standard InChI is InChI=1S/C8H16O2.U/c1-2-3-4-5-6-7-8(9)10;/h2-7H2,1H3,(H,9,10);. The molecule has 0 aliphatic rings. The molecule has 0 aliphatic carbocycles. The summed E-state index contributed by atoms with van der Waals surface area (Å²) in [4.78, 5) is 10.0. The molecule has 64 valence electrons. The molecule has 0 atom stereocenters. The number of unbranched alkanes of at least 4 members (excludes halogenated alkanes) is 4. The molecule has 0 unspecified atom stereocenters. The van der Waals surface area contributed by atoms with Crippen LogP contribution in [-0.2, 0) is 4.79 Å². The number of rotatable bonds is 6. The quantitative estimate of drug-likeness (QED) is 0.717. The number of hydrogen-bond donors (Lipinski definition) is 1. The van der Waals surface area contributed by atoms with Gasteiger partial charge in [0.25, 0.3) is 0 Å². The largest absolute Gasteiger partial charge is 0.481 e. The topological polar surface area (TPSA) is 37.3 Å². The van der Waals surface area contributed by atoms with E-state index in [4.69, 9.17) is 5.11 Å². The molecule has 0 fully saturated rings. The summed E-state index contributed by atoms with van der Waals surface area (Å²) in [5.41, 5.74) is 0. The summed E-state index contributed by atoms with van der Waals surface area (Å²) in [6, 6.07) is 0. The van der Waals surface area contributed by atoms with Crippen molar-refractivity contribution < 1.29 is 41.0 Å². The molecule has 0 aromatic carbocycles. The maximum Gasteiger partial charge on any atom is 0.303 e. The first kappa shape index (κ1) is 14.1. The number of carboxylic acid groups (broad SMARTS) is 1. The van der Waals surface area contributed by atoms with E-state index in [9.17, 15) is 4.79 Å². The van der Waals surface area contributed by atoms with E-state index in [0.717, 1.165) is 12.8 Å². The number of carboxylic acids is 1. The van der Waals surface area contributed by atoms with Crippen molar-refractivity contribution in [2.45, 2.75) is 45.4 Å². The SMILES string of the molecule is CCCCCCCC(=O)O.[U]. The van der Waals surface area contributed by atoms with Crippen molar-refractivity contribution in [1.82, 2.24) is 0 Å². The molecule has 2 nitrogen and oxygen atoms in total. The fourth-order valence-corrected chi connectivity index (χ4v) is 0.880. The molecule has 0 aromatic heterocycles. The molecule has 0 saturated carbocycles. The summed E-state index contributed by atoms with van der Waals surface area (Å²) in [6.07, 6.45) is 5.88. The third-order valence-electron chi connectivity index (χ3n) is 1.49. The average Bonchev–Trinajstić information content (AvgIpc) is 1.87. The summed E-state index contributed by atoms with van der Waals surface area (Å²) in [5, 5.41) is 8.27. The summed E-state index contributed by atoms with van der Waals surface area (Å²) in [7, 11) is 0. The van der Waals surface area contributed by atoms with Crippen LogP contribution >= 0.6 is 0 Å². The Kier molecular flexibility index (Phi) is 13.5. The normalized spacial score (nSPS) is 8.82. The van der Waals surface area contributed by atoms with Gasteiger partial charge in [0.15, 0.2) is 0 Å². The van der Waals surface area contributed by atoms with Gasteiger partial charge in [-0.3, -0.25) is 4.79 Å². The minimum absolute atomic E-state index is 0. The fourth-order valence-electron chi connectivity index (χ4n) is 0.880. The molecule has 0 spiro atoms. The van der Waals surface area contributed by atoms with Crippen LogP contribution in [-0.4, -0.2) is 11.1 Å². The van der Waals surface area contributed by atoms with E-state index in [1.54, 1.807) is 0 Å². The Hall–Kier alpha value is 0.522. The van der Waals surface area contributed by atoms with Gasteiger partial charge in [-0.2, -0.15) is 0 Å². The van der Waals surface area contributed by atoms with Crippen LogP contribution in [0.1, 0.15) is 45.4 Å². The van der Waals surface area contributed by atoms with Gasteiger partial charge in [-0.1, -0.05) is 32.6 Å². The Labute approximate surface area is 92.1 Å². The minimum atomic E-state index is -0.670. The molecule has 0 aliphatic heterocycles. The Morgan fingerprint density at radius 1 is 1.18 bits per heavy atom. The van der Waals surface area contributed by atoms with Crippen molar-refractivity contribution in [2.24, 2.45) is 0 Å². The van der Waals surface area contributed by atoms with Gasteiger partial charge in [0.2, 0.25) is 0 Å². The van der Waals surface area contributed by atoms with Gasteiger partial charge in [-0.15, -0.1) is 0 Å². The second-order valence-corrected chi connectivity index (χ2v) is 2.56. The van der Waals surface area contributed by atoms with Gasteiger partial charge in [-0.25, -0.2) is 0 Å². The van der Waals surface area contributed by atoms with Gasteiger partial charge in [-0.05, 0) is 6.42 Å². The minimum Gasteiger partial charge on any atom is -0.481 e. The first-order valence-corrected chi connectivity index (χ1v) is 3.99. The van der Waals surface area contributed by atoms with Crippen LogP contribution in [0.5, 0.6) is 0 Å². The Balaban J connectivity index is 0. The Morgan fingerprint density at radius 3 is 2.18 bits per heavy atom. The summed E-state index contributed by atoms with van der Waals surface area (Å²) in [6.45, 7) is 2.15. The fraction of sp³-hybridized carbons (Fsp3) is 0.875. The molecule has 0 rings (SSSR count). The maximum atomic E-state index is 10.0. The van der Waals surface area contributed by atoms with Gasteiger partial charge in [0.1, 0.15) is 0 Å². The number of aliphatic carboxylic acids is 1. The van der Waals surface area contributed by atoms with Gasteiger partial charge >= 0.3 is 5.97 Å². The monoisotopic (exact) mass is 382 g/mol. The van der Waals surface area contributed by atoms with Crippen molar-refractivity contribution >= 4 is 5.97 Å². The van der Waals surface area contributed by atoms with Crippen molar-refractivity contribution in [3.63, 3.8) is 0 Å². The van der Waals surface area contributed by atoms with Crippen molar-refractivity contribution in [1.29, 1.82) is 0 Å². The third kappa shape index (κ3) is 13.5. The van der Waals surface area contributed by atoms with Gasteiger partial charge < -0.3 is 5.11 Å². The average molecular weight is 382 g/mol. The van der Waals surface area contributed by atoms with Crippen LogP contribution in [0.25, 0.3) is 0 Å². The summed E-state index contributed by atoms with van der Waals surface area (Å²) in [5.74, 6) is -0.670. The van der Waals surface area contributed by atoms with E-state index in [2.05, 4.69) is 6.92 Å². The van der Waals surface area contributed by atoms with Crippen LogP contribution in [0.3, 0.4) is 0 Å². The number of carbonyl (C=O) groups is 1. The maximum absolute atomic E-state index is 10.0. The van der Waals surface area contributed by atoms with Crippen LogP contribution in [0.15, 0.2) is 0 Å². The smallest absolute Gasteiger partial charge is 0.303 e. The first-order valence-electron chi connectivity index (χ1n) is 3.99. The molecule has 0 amide bonds. The molecule has 3 heteroatoms. The molecule has 11 heavy (non-hydrogen) atoms. The molecular formula is C8H16O2U. The molecule has 1 N–H and O–H groups in total. The predicted molar refractivity (Wildman–Crippen MR) is 41.0 cm³/mol. The van der Waals surface area contributed by atoms with Crippen LogP contribution < -0.4 is 0 Å². The molecule has 0 bridgehead atoms. The summed E-state index contributed by atoms with van der Waals surface area (Å²) < 4.78 is 0. The Morgan fingerprint density at radius 2 is 1.73 bits per heavy atom. The van der Waals surface area contributed by atoms with Crippen molar-refractivity contribution in [3.05, 3.63) is 0 Å². The second-order valence-electron chi connectivity index (χ2n) is 2.56. The van der Waals surface area contributed by atoms with Crippen LogP contribution in [0.4, 0.5) is 0 Å². The third-order valence-corrected chi connectivity index (χ3v) is 1.49. The Bertz CT molecular complexity index is 94.1. The molecule has 0 radical (unpaired) electrons. The van der Waals surface area contributed by atoms with E-state index in [1.165, 1.54) is 19.3 Å². The zero-order valence-corrected chi connectivity index (χ0v) is 11.3.